The first-order valence-corrected chi connectivity index (χ1v) is 6.54. The lowest BCUT2D eigenvalue weighted by atomic mass is 10.1. The molecule has 0 radical (unpaired) electrons. The first-order chi connectivity index (χ1) is 10.2. The minimum atomic E-state index is -5.08. The molecule has 0 saturated carbocycles. The van der Waals surface area contributed by atoms with Gasteiger partial charge in [0.15, 0.2) is 0 Å². The Morgan fingerprint density at radius 3 is 2.36 bits per heavy atom. The van der Waals surface area contributed by atoms with E-state index in [1.807, 2.05) is 36.1 Å². The third-order valence-corrected chi connectivity index (χ3v) is 2.93. The van der Waals surface area contributed by atoms with E-state index in [0.29, 0.717) is 13.0 Å². The fourth-order valence-corrected chi connectivity index (χ4v) is 1.84. The Balaban J connectivity index is 0.000000295. The summed E-state index contributed by atoms with van der Waals surface area (Å²) in [6.07, 6.45) is 0.541. The molecule has 1 amide bonds. The maximum absolute atomic E-state index is 11.9. The van der Waals surface area contributed by atoms with Crippen molar-refractivity contribution in [2.75, 3.05) is 11.4 Å². The molecular weight excluding hydrogens is 299 g/mol. The van der Waals surface area contributed by atoms with Crippen molar-refractivity contribution >= 4 is 17.6 Å². The van der Waals surface area contributed by atoms with E-state index in [2.05, 4.69) is 12.2 Å². The van der Waals surface area contributed by atoms with Crippen LogP contribution >= 0.6 is 0 Å². The largest absolute Gasteiger partial charge is 0.490 e. The molecule has 1 aromatic carbocycles. The maximum Gasteiger partial charge on any atom is 0.490 e. The van der Waals surface area contributed by atoms with Crippen LogP contribution in [-0.4, -0.2) is 29.7 Å². The predicted molar refractivity (Wildman–Crippen MR) is 75.6 cm³/mol. The van der Waals surface area contributed by atoms with Gasteiger partial charge in [-0.25, -0.2) is 4.79 Å². The molecule has 0 aliphatic carbocycles. The number of amides is 1. The number of benzene rings is 1. The zero-order valence-corrected chi connectivity index (χ0v) is 11.9. The lowest BCUT2D eigenvalue weighted by Gasteiger charge is -2.21. The number of hydrogen-bond acceptors (Lipinski definition) is 2. The molecule has 1 aromatic rings. The Labute approximate surface area is 125 Å². The topological polar surface area (TPSA) is 57.6 Å². The van der Waals surface area contributed by atoms with Crippen LogP contribution in [0.25, 0.3) is 0 Å². The molecule has 0 saturated heterocycles. The Kier molecular flexibility index (Phi) is 6.15. The van der Waals surface area contributed by atoms with E-state index < -0.39 is 12.1 Å². The van der Waals surface area contributed by atoms with Crippen LogP contribution in [0.5, 0.6) is 0 Å². The molecule has 1 aliphatic heterocycles. The van der Waals surface area contributed by atoms with E-state index in [0.717, 1.165) is 17.7 Å². The van der Waals surface area contributed by atoms with Crippen molar-refractivity contribution in [3.05, 3.63) is 42.0 Å². The molecule has 2 rings (SSSR count). The van der Waals surface area contributed by atoms with E-state index in [9.17, 15) is 18.0 Å². The van der Waals surface area contributed by atoms with E-state index >= 15 is 0 Å². The van der Waals surface area contributed by atoms with Gasteiger partial charge in [0.2, 0.25) is 5.91 Å². The van der Waals surface area contributed by atoms with Gasteiger partial charge in [-0.1, -0.05) is 30.4 Å². The van der Waals surface area contributed by atoms with Crippen LogP contribution in [0.4, 0.5) is 18.9 Å². The summed E-state index contributed by atoms with van der Waals surface area (Å²) in [6.45, 7) is 2.74. The van der Waals surface area contributed by atoms with Gasteiger partial charge >= 0.3 is 12.1 Å². The summed E-state index contributed by atoms with van der Waals surface area (Å²) >= 11 is 0. The van der Waals surface area contributed by atoms with Gasteiger partial charge in [0, 0.05) is 18.7 Å². The number of carboxylic acids is 1. The first kappa shape index (κ1) is 17.7. The van der Waals surface area contributed by atoms with Crippen molar-refractivity contribution < 1.29 is 27.9 Å². The number of hydrogen-bond donors (Lipinski definition) is 1. The number of carboxylic acid groups (broad SMARTS) is 1. The molecule has 0 unspecified atom stereocenters. The number of anilines is 1. The summed E-state index contributed by atoms with van der Waals surface area (Å²) in [4.78, 5) is 22.6. The van der Waals surface area contributed by atoms with Gasteiger partial charge in [-0.15, -0.1) is 0 Å². The van der Waals surface area contributed by atoms with Gasteiger partial charge in [0.05, 0.1) is 0 Å². The molecule has 0 spiro atoms. The summed E-state index contributed by atoms with van der Waals surface area (Å²) in [5.74, 6) is -2.54. The molecule has 1 aliphatic rings. The van der Waals surface area contributed by atoms with Crippen molar-refractivity contribution in [1.29, 1.82) is 0 Å². The Morgan fingerprint density at radius 1 is 1.23 bits per heavy atom. The van der Waals surface area contributed by atoms with E-state index in [-0.39, 0.29) is 5.91 Å². The van der Waals surface area contributed by atoms with Gasteiger partial charge in [-0.05, 0) is 25.0 Å². The van der Waals surface area contributed by atoms with Gasteiger partial charge in [0.25, 0.3) is 0 Å². The quantitative estimate of drug-likeness (QED) is 0.809. The number of carbonyl (C=O) groups is 2. The summed E-state index contributed by atoms with van der Waals surface area (Å²) in [7, 11) is 0. The van der Waals surface area contributed by atoms with E-state index in [1.54, 1.807) is 0 Å². The Morgan fingerprint density at radius 2 is 1.82 bits per heavy atom. The van der Waals surface area contributed by atoms with Crippen molar-refractivity contribution in [3.8, 4) is 0 Å². The summed E-state index contributed by atoms with van der Waals surface area (Å²) < 4.78 is 31.7. The number of para-hydroxylation sites is 1. The molecule has 7 heteroatoms. The van der Waals surface area contributed by atoms with Crippen LogP contribution in [0.1, 0.15) is 18.4 Å². The van der Waals surface area contributed by atoms with Crippen LogP contribution in [0.2, 0.25) is 0 Å². The fourth-order valence-electron chi connectivity index (χ4n) is 1.84. The average molecular weight is 315 g/mol. The highest BCUT2D eigenvalue weighted by Gasteiger charge is 2.38. The molecule has 22 heavy (non-hydrogen) atoms. The van der Waals surface area contributed by atoms with Crippen molar-refractivity contribution in [1.82, 2.24) is 0 Å². The number of nitrogens with zero attached hydrogens (tertiary/aromatic N) is 1. The zero-order valence-electron chi connectivity index (χ0n) is 11.9. The minimum absolute atomic E-state index is 0.217. The van der Waals surface area contributed by atoms with Gasteiger partial charge < -0.3 is 10.0 Å². The van der Waals surface area contributed by atoms with Gasteiger partial charge in [-0.2, -0.15) is 13.2 Å². The van der Waals surface area contributed by atoms with Crippen LogP contribution in [-0.2, 0) is 9.59 Å². The first-order valence-electron chi connectivity index (χ1n) is 6.54. The third kappa shape index (κ3) is 5.23. The van der Waals surface area contributed by atoms with E-state index in [1.165, 1.54) is 0 Å². The molecule has 120 valence electrons. The number of rotatable bonds is 1. The lowest BCUT2D eigenvalue weighted by Crippen LogP contribution is -2.30. The number of halogens is 3. The fraction of sp³-hybridized carbons (Fsp3) is 0.333. The molecule has 0 bridgehead atoms. The average Bonchev–Trinajstić information content (AvgIpc) is 2.64. The second kappa shape index (κ2) is 7.63. The molecular formula is C15H16F3NO3. The Hall–Kier alpha value is -2.31. The molecule has 0 atom stereocenters. The number of aliphatic carboxylic acids is 1. The monoisotopic (exact) mass is 315 g/mol. The SMILES string of the molecule is Cc1ccccc1N1CC=CCCC1=O.O=C(O)C(F)(F)F. The van der Waals surface area contributed by atoms with Crippen molar-refractivity contribution in [2.45, 2.75) is 25.9 Å². The smallest absolute Gasteiger partial charge is 0.475 e. The molecule has 0 aromatic heterocycles. The highest BCUT2D eigenvalue weighted by molar-refractivity contribution is 5.94. The van der Waals surface area contributed by atoms with E-state index in [4.69, 9.17) is 9.90 Å². The molecule has 4 nitrogen and oxygen atoms in total. The number of alkyl halides is 3. The number of carbonyl (C=O) groups excluding carboxylic acids is 1. The summed E-state index contributed by atoms with van der Waals surface area (Å²) in [5, 5.41) is 7.12. The summed E-state index contributed by atoms with van der Waals surface area (Å²) in [6, 6.07) is 8.02. The van der Waals surface area contributed by atoms with Gasteiger partial charge in [0.1, 0.15) is 0 Å². The highest BCUT2D eigenvalue weighted by atomic mass is 19.4. The highest BCUT2D eigenvalue weighted by Crippen LogP contribution is 2.21. The standard InChI is InChI=1S/C13H15NO.C2HF3O2/c1-11-7-4-5-8-12(11)14-10-6-2-3-9-13(14)15;3-2(4,5)1(6)7/h2,4-8H,3,9-10H2,1H3;(H,6,7). The van der Waals surface area contributed by atoms with Crippen molar-refractivity contribution in [3.63, 3.8) is 0 Å². The number of aryl methyl sites for hydroxylation is 1. The van der Waals surface area contributed by atoms with Crippen LogP contribution in [0.15, 0.2) is 36.4 Å². The minimum Gasteiger partial charge on any atom is -0.475 e. The van der Waals surface area contributed by atoms with Crippen LogP contribution in [0.3, 0.4) is 0 Å². The predicted octanol–water partition coefficient (Wildman–Crippen LogP) is 3.31. The molecule has 0 fully saturated rings. The second-order valence-electron chi connectivity index (χ2n) is 4.60. The maximum atomic E-state index is 11.9. The normalized spacial score (nSPS) is 14.9. The van der Waals surface area contributed by atoms with Gasteiger partial charge in [-0.3, -0.25) is 4.79 Å². The second-order valence-corrected chi connectivity index (χ2v) is 4.60. The number of allylic oxidation sites excluding steroid dienone is 1. The summed E-state index contributed by atoms with van der Waals surface area (Å²) in [5.41, 5.74) is 2.19. The third-order valence-electron chi connectivity index (χ3n) is 2.93. The zero-order chi connectivity index (χ0) is 16.8. The van der Waals surface area contributed by atoms with Crippen molar-refractivity contribution in [2.24, 2.45) is 0 Å². The Bertz CT molecular complexity index is 567. The lowest BCUT2D eigenvalue weighted by molar-refractivity contribution is -0.192. The molecule has 1 N–H and O–H groups in total. The van der Waals surface area contributed by atoms with Crippen LogP contribution in [0, 0.1) is 6.92 Å². The van der Waals surface area contributed by atoms with Crippen LogP contribution < -0.4 is 4.90 Å². The molecule has 1 heterocycles.